The number of para-hydroxylation sites is 2. The molecule has 1 heterocycles. The third-order valence-electron chi connectivity index (χ3n) is 3.65. The Morgan fingerprint density at radius 1 is 1.14 bits per heavy atom. The molecule has 0 saturated heterocycles. The Hall–Kier alpha value is -1.52. The maximum absolute atomic E-state index is 12.8. The zero-order valence-corrected chi connectivity index (χ0v) is 13.9. The van der Waals surface area contributed by atoms with E-state index in [9.17, 15) is 4.79 Å². The average Bonchev–Trinajstić information content (AvgIpc) is 2.50. The van der Waals surface area contributed by atoms with Crippen molar-refractivity contribution in [3.8, 4) is 0 Å². The van der Waals surface area contributed by atoms with Crippen molar-refractivity contribution in [3.05, 3.63) is 57.5 Å². The summed E-state index contributed by atoms with van der Waals surface area (Å²) >= 11 is 9.36. The summed E-state index contributed by atoms with van der Waals surface area (Å²) < 4.78 is 0.734. The lowest BCUT2D eigenvalue weighted by atomic mass is 10.1. The summed E-state index contributed by atoms with van der Waals surface area (Å²) in [6, 6.07) is 13.2. The number of rotatable bonds is 1. The van der Waals surface area contributed by atoms with Crippen LogP contribution in [0, 0.1) is 0 Å². The summed E-state index contributed by atoms with van der Waals surface area (Å²) in [7, 11) is 2.04. The molecule has 1 amide bonds. The second kappa shape index (κ2) is 5.70. The van der Waals surface area contributed by atoms with Gasteiger partial charge in [0.2, 0.25) is 0 Å². The predicted molar refractivity (Wildman–Crippen MR) is 90.5 cm³/mol. The molecule has 0 saturated carbocycles. The van der Waals surface area contributed by atoms with Crippen molar-refractivity contribution in [2.24, 2.45) is 0 Å². The van der Waals surface area contributed by atoms with Gasteiger partial charge in [-0.25, -0.2) is 0 Å². The molecule has 3 rings (SSSR count). The number of fused-ring (bicyclic) bond motifs is 1. The fourth-order valence-corrected chi connectivity index (χ4v) is 3.00. The van der Waals surface area contributed by atoms with Crippen LogP contribution in [0.5, 0.6) is 0 Å². The average molecular weight is 366 g/mol. The third kappa shape index (κ3) is 2.65. The van der Waals surface area contributed by atoms with Crippen molar-refractivity contribution in [3.63, 3.8) is 0 Å². The first-order valence-corrected chi connectivity index (χ1v) is 7.82. The van der Waals surface area contributed by atoms with Crippen molar-refractivity contribution in [1.82, 2.24) is 0 Å². The first kappa shape index (κ1) is 14.4. The fourth-order valence-electron chi connectivity index (χ4n) is 2.50. The number of anilines is 2. The normalized spacial score (nSPS) is 14.0. The summed E-state index contributed by atoms with van der Waals surface area (Å²) in [5.41, 5.74) is 2.65. The van der Waals surface area contributed by atoms with Gasteiger partial charge in [-0.1, -0.05) is 23.7 Å². The molecule has 5 heteroatoms. The smallest absolute Gasteiger partial charge is 0.258 e. The van der Waals surface area contributed by atoms with Gasteiger partial charge in [0.1, 0.15) is 0 Å². The molecule has 0 fully saturated rings. The fraction of sp³-hybridized carbons (Fsp3) is 0.188. The number of carbonyl (C=O) groups excluding carboxylic acids is 1. The predicted octanol–water partition coefficient (Wildman–Crippen LogP) is 4.20. The highest BCUT2D eigenvalue weighted by atomic mass is 79.9. The standard InChI is InChI=1S/C16H14BrClN2O/c1-19-8-9-20(15-5-3-2-4-14(15)19)16(21)11-6-7-13(18)12(17)10-11/h2-7,10H,8-9H2,1H3. The summed E-state index contributed by atoms with van der Waals surface area (Å²) in [5, 5.41) is 0.602. The molecule has 108 valence electrons. The van der Waals surface area contributed by atoms with E-state index in [1.165, 1.54) is 0 Å². The molecular formula is C16H14BrClN2O. The van der Waals surface area contributed by atoms with E-state index < -0.39 is 0 Å². The maximum Gasteiger partial charge on any atom is 0.258 e. The minimum atomic E-state index is -0.00656. The van der Waals surface area contributed by atoms with Gasteiger partial charge >= 0.3 is 0 Å². The van der Waals surface area contributed by atoms with Crippen LogP contribution in [0.3, 0.4) is 0 Å². The molecule has 1 aliphatic heterocycles. The van der Waals surface area contributed by atoms with Gasteiger partial charge in [-0.15, -0.1) is 0 Å². The van der Waals surface area contributed by atoms with Crippen LogP contribution in [0.2, 0.25) is 5.02 Å². The van der Waals surface area contributed by atoms with E-state index in [-0.39, 0.29) is 5.91 Å². The highest BCUT2D eigenvalue weighted by molar-refractivity contribution is 9.10. The van der Waals surface area contributed by atoms with E-state index in [4.69, 9.17) is 11.6 Å². The lowest BCUT2D eigenvalue weighted by Crippen LogP contribution is -2.42. The van der Waals surface area contributed by atoms with Crippen molar-refractivity contribution in [2.75, 3.05) is 29.9 Å². The first-order chi connectivity index (χ1) is 10.1. The molecule has 3 nitrogen and oxygen atoms in total. The van der Waals surface area contributed by atoms with Crippen molar-refractivity contribution < 1.29 is 4.79 Å². The Kier molecular flexibility index (Phi) is 3.91. The van der Waals surface area contributed by atoms with Crippen LogP contribution in [-0.2, 0) is 0 Å². The number of carbonyl (C=O) groups is 1. The zero-order valence-electron chi connectivity index (χ0n) is 11.5. The maximum atomic E-state index is 12.8. The molecule has 2 aromatic rings. The van der Waals surface area contributed by atoms with Crippen molar-refractivity contribution in [1.29, 1.82) is 0 Å². The number of amides is 1. The SMILES string of the molecule is CN1CCN(C(=O)c2ccc(Cl)c(Br)c2)c2ccccc21. The minimum absolute atomic E-state index is 0.00656. The number of nitrogens with zero attached hydrogens (tertiary/aromatic N) is 2. The molecule has 0 spiro atoms. The topological polar surface area (TPSA) is 23.6 Å². The Labute approximate surface area is 137 Å². The summed E-state index contributed by atoms with van der Waals surface area (Å²) in [6.07, 6.45) is 0. The molecular weight excluding hydrogens is 352 g/mol. The van der Waals surface area contributed by atoms with E-state index in [0.717, 1.165) is 22.4 Å². The molecule has 0 aliphatic carbocycles. The van der Waals surface area contributed by atoms with Crippen LogP contribution in [0.4, 0.5) is 11.4 Å². The number of halogens is 2. The first-order valence-electron chi connectivity index (χ1n) is 6.65. The van der Waals surface area contributed by atoms with E-state index >= 15 is 0 Å². The Bertz CT molecular complexity index is 704. The molecule has 21 heavy (non-hydrogen) atoms. The molecule has 2 aromatic carbocycles. The Balaban J connectivity index is 1.99. The van der Waals surface area contributed by atoms with E-state index in [0.29, 0.717) is 17.1 Å². The van der Waals surface area contributed by atoms with Gasteiger partial charge in [-0.05, 0) is 46.3 Å². The number of hydrogen-bond acceptors (Lipinski definition) is 2. The number of hydrogen-bond donors (Lipinski definition) is 0. The van der Waals surface area contributed by atoms with Gasteiger partial charge in [-0.3, -0.25) is 4.79 Å². The van der Waals surface area contributed by atoms with Crippen LogP contribution in [-0.4, -0.2) is 26.0 Å². The molecule has 0 radical (unpaired) electrons. The molecule has 0 unspecified atom stereocenters. The molecule has 0 atom stereocenters. The molecule has 0 bridgehead atoms. The monoisotopic (exact) mass is 364 g/mol. The minimum Gasteiger partial charge on any atom is -0.371 e. The van der Waals surface area contributed by atoms with Crippen LogP contribution < -0.4 is 9.80 Å². The van der Waals surface area contributed by atoms with Gasteiger partial charge in [0, 0.05) is 30.2 Å². The van der Waals surface area contributed by atoms with Crippen LogP contribution in [0.25, 0.3) is 0 Å². The summed E-state index contributed by atoms with van der Waals surface area (Å²) in [5.74, 6) is -0.00656. The highest BCUT2D eigenvalue weighted by Gasteiger charge is 2.25. The molecule has 1 aliphatic rings. The lowest BCUT2D eigenvalue weighted by Gasteiger charge is -2.35. The highest BCUT2D eigenvalue weighted by Crippen LogP contribution is 2.33. The largest absolute Gasteiger partial charge is 0.371 e. The zero-order chi connectivity index (χ0) is 15.0. The van der Waals surface area contributed by atoms with E-state index in [1.807, 2.05) is 36.2 Å². The summed E-state index contributed by atoms with van der Waals surface area (Å²) in [4.78, 5) is 16.8. The van der Waals surface area contributed by atoms with Crippen LogP contribution in [0.1, 0.15) is 10.4 Å². The number of benzene rings is 2. The summed E-state index contributed by atoms with van der Waals surface area (Å²) in [6.45, 7) is 1.49. The number of likely N-dealkylation sites (N-methyl/N-ethyl adjacent to an activating group) is 1. The molecule has 0 aromatic heterocycles. The van der Waals surface area contributed by atoms with Gasteiger partial charge < -0.3 is 9.80 Å². The van der Waals surface area contributed by atoms with Gasteiger partial charge in [0.15, 0.2) is 0 Å². The van der Waals surface area contributed by atoms with Gasteiger partial charge in [-0.2, -0.15) is 0 Å². The second-order valence-corrected chi connectivity index (χ2v) is 6.26. The van der Waals surface area contributed by atoms with E-state index in [2.05, 4.69) is 20.8 Å². The Morgan fingerprint density at radius 3 is 2.57 bits per heavy atom. The third-order valence-corrected chi connectivity index (χ3v) is 4.87. The van der Waals surface area contributed by atoms with Gasteiger partial charge in [0.25, 0.3) is 5.91 Å². The second-order valence-electron chi connectivity index (χ2n) is 5.00. The van der Waals surface area contributed by atoms with E-state index in [1.54, 1.807) is 18.2 Å². The van der Waals surface area contributed by atoms with Crippen LogP contribution in [0.15, 0.2) is 46.9 Å². The molecule has 0 N–H and O–H groups in total. The Morgan fingerprint density at radius 2 is 1.86 bits per heavy atom. The van der Waals surface area contributed by atoms with Crippen molar-refractivity contribution >= 4 is 44.8 Å². The quantitative estimate of drug-likeness (QED) is 0.756. The lowest BCUT2D eigenvalue weighted by molar-refractivity contribution is 0.0986. The van der Waals surface area contributed by atoms with Gasteiger partial charge in [0.05, 0.1) is 16.4 Å². The van der Waals surface area contributed by atoms with Crippen LogP contribution >= 0.6 is 27.5 Å². The van der Waals surface area contributed by atoms with Crippen molar-refractivity contribution in [2.45, 2.75) is 0 Å².